The minimum atomic E-state index is -0.909. The first-order valence-corrected chi connectivity index (χ1v) is 12.9. The molecule has 5 nitrogen and oxygen atoms in total. The van der Waals surface area contributed by atoms with Crippen LogP contribution >= 0.6 is 11.3 Å². The highest BCUT2D eigenvalue weighted by Crippen LogP contribution is 2.36. The third kappa shape index (κ3) is 5.61. The fourth-order valence-corrected chi connectivity index (χ4v) is 6.44. The summed E-state index contributed by atoms with van der Waals surface area (Å²) in [5, 5.41) is 9.51. The zero-order chi connectivity index (χ0) is 24.1. The fraction of sp³-hybridized carbons (Fsp3) is 0.429. The van der Waals surface area contributed by atoms with Crippen molar-refractivity contribution >= 4 is 35.2 Å². The van der Waals surface area contributed by atoms with E-state index in [1.165, 1.54) is 10.4 Å². The van der Waals surface area contributed by atoms with Gasteiger partial charge in [0.1, 0.15) is 5.78 Å². The summed E-state index contributed by atoms with van der Waals surface area (Å²) in [6.45, 7) is 2.04. The van der Waals surface area contributed by atoms with Gasteiger partial charge in [0.05, 0.1) is 11.5 Å². The lowest BCUT2D eigenvalue weighted by Gasteiger charge is -2.23. The van der Waals surface area contributed by atoms with Crippen molar-refractivity contribution in [2.24, 2.45) is 16.8 Å². The zero-order valence-corrected chi connectivity index (χ0v) is 20.4. The number of fused-ring (bicyclic) bond motifs is 1. The van der Waals surface area contributed by atoms with E-state index < -0.39 is 17.8 Å². The Labute approximate surface area is 204 Å². The molecular weight excluding hydrogens is 446 g/mol. The van der Waals surface area contributed by atoms with Gasteiger partial charge in [-0.05, 0) is 63.0 Å². The number of hydrogen-bond acceptors (Lipinski definition) is 4. The van der Waals surface area contributed by atoms with Crippen molar-refractivity contribution in [3.63, 3.8) is 0 Å². The molecule has 1 N–H and O–H groups in total. The Morgan fingerprint density at radius 1 is 1.12 bits per heavy atom. The molecule has 1 aromatic carbocycles. The number of aryl methyl sites for hydroxylation is 3. The van der Waals surface area contributed by atoms with E-state index in [0.717, 1.165) is 41.7 Å². The number of Topliss-reactive ketones (excluding diaryl/α,β-unsaturated/α-hetero) is 1. The second-order valence-corrected chi connectivity index (χ2v) is 10.5. The number of benzene rings is 1. The number of carboxylic acid groups (broad SMARTS) is 1. The Bertz CT molecular complexity index is 1140. The van der Waals surface area contributed by atoms with Gasteiger partial charge in [-0.2, -0.15) is 0 Å². The number of allylic oxidation sites excluding steroid dienone is 2. The van der Waals surface area contributed by atoms with E-state index >= 15 is 0 Å². The number of amides is 1. The number of thiophene rings is 1. The van der Waals surface area contributed by atoms with Crippen molar-refractivity contribution in [2.75, 3.05) is 0 Å². The number of hydrogen-bond donors (Lipinski definition) is 1. The van der Waals surface area contributed by atoms with Crippen LogP contribution in [0.4, 0.5) is 0 Å². The maximum Gasteiger partial charge on any atom is 0.307 e. The molecule has 0 spiro atoms. The van der Waals surface area contributed by atoms with Crippen LogP contribution in [0.5, 0.6) is 0 Å². The third-order valence-electron chi connectivity index (χ3n) is 6.84. The maximum atomic E-state index is 13.2. The Morgan fingerprint density at radius 3 is 2.65 bits per heavy atom. The summed E-state index contributed by atoms with van der Waals surface area (Å²) < 4.78 is 0. The maximum absolute atomic E-state index is 13.2. The second kappa shape index (κ2) is 11.0. The van der Waals surface area contributed by atoms with Crippen molar-refractivity contribution in [3.8, 4) is 0 Å². The predicted octanol–water partition coefficient (Wildman–Crippen LogP) is 5.56. The molecule has 0 fully saturated rings. The van der Waals surface area contributed by atoms with Crippen molar-refractivity contribution in [1.82, 2.24) is 0 Å². The minimum Gasteiger partial charge on any atom is -0.481 e. The number of carbonyl (C=O) groups excluding carboxylic acids is 2. The molecule has 0 saturated heterocycles. The van der Waals surface area contributed by atoms with Gasteiger partial charge in [-0.1, -0.05) is 42.0 Å². The SMILES string of the molecule is Cc1cccc(CC=NC(=O)c2c(CCC(=O)C3CC=CCC3C(=O)O)sc3c2CCCC3)c1. The lowest BCUT2D eigenvalue weighted by molar-refractivity contribution is -0.146. The third-order valence-corrected chi connectivity index (χ3v) is 8.19. The van der Waals surface area contributed by atoms with Crippen LogP contribution in [0.2, 0.25) is 0 Å². The van der Waals surface area contributed by atoms with Gasteiger partial charge in [0.25, 0.3) is 5.91 Å². The van der Waals surface area contributed by atoms with Crippen LogP contribution in [0.25, 0.3) is 0 Å². The first kappa shape index (κ1) is 24.3. The normalized spacial score (nSPS) is 19.8. The van der Waals surface area contributed by atoms with E-state index in [0.29, 0.717) is 31.2 Å². The number of carbonyl (C=O) groups is 3. The highest BCUT2D eigenvalue weighted by Gasteiger charge is 2.34. The zero-order valence-electron chi connectivity index (χ0n) is 19.6. The molecule has 2 aliphatic carbocycles. The highest BCUT2D eigenvalue weighted by atomic mass is 32.1. The Balaban J connectivity index is 1.49. The van der Waals surface area contributed by atoms with Crippen LogP contribution in [0, 0.1) is 18.8 Å². The number of aliphatic carboxylic acids is 1. The predicted molar refractivity (Wildman–Crippen MR) is 135 cm³/mol. The van der Waals surface area contributed by atoms with Gasteiger partial charge in [-0.3, -0.25) is 14.4 Å². The van der Waals surface area contributed by atoms with E-state index in [1.54, 1.807) is 17.6 Å². The van der Waals surface area contributed by atoms with Gasteiger partial charge in [0, 0.05) is 34.7 Å². The molecule has 0 aliphatic heterocycles. The van der Waals surface area contributed by atoms with Gasteiger partial charge in [-0.25, -0.2) is 4.99 Å². The van der Waals surface area contributed by atoms with Gasteiger partial charge < -0.3 is 5.11 Å². The second-order valence-electron chi connectivity index (χ2n) is 9.28. The molecule has 6 heteroatoms. The van der Waals surface area contributed by atoms with E-state index in [4.69, 9.17) is 0 Å². The summed E-state index contributed by atoms with van der Waals surface area (Å²) >= 11 is 1.64. The van der Waals surface area contributed by atoms with Crippen LogP contribution in [-0.2, 0) is 35.3 Å². The summed E-state index contributed by atoms with van der Waals surface area (Å²) in [4.78, 5) is 44.2. The molecule has 1 amide bonds. The van der Waals surface area contributed by atoms with Crippen LogP contribution in [0.3, 0.4) is 0 Å². The Morgan fingerprint density at radius 2 is 1.88 bits per heavy atom. The van der Waals surface area contributed by atoms with Crippen LogP contribution in [-0.4, -0.2) is 29.0 Å². The fourth-order valence-electron chi connectivity index (χ4n) is 5.05. The average molecular weight is 478 g/mol. The molecule has 2 aromatic rings. The van der Waals surface area contributed by atoms with Gasteiger partial charge in [0.15, 0.2) is 0 Å². The molecule has 1 heterocycles. The molecule has 178 valence electrons. The molecule has 1 aromatic heterocycles. The van der Waals surface area contributed by atoms with Crippen LogP contribution in [0.1, 0.15) is 68.9 Å². The topological polar surface area (TPSA) is 83.8 Å². The minimum absolute atomic E-state index is 0.0236. The summed E-state index contributed by atoms with van der Waals surface area (Å²) in [5.74, 6) is -2.29. The van der Waals surface area contributed by atoms with Gasteiger partial charge in [-0.15, -0.1) is 11.3 Å². The highest BCUT2D eigenvalue weighted by molar-refractivity contribution is 7.12. The summed E-state index contributed by atoms with van der Waals surface area (Å²) in [7, 11) is 0. The average Bonchev–Trinajstić information content (AvgIpc) is 3.21. The Kier molecular flexibility index (Phi) is 7.88. The molecular formula is C28H31NO4S. The first-order valence-electron chi connectivity index (χ1n) is 12.1. The molecule has 4 rings (SSSR count). The molecule has 0 radical (unpaired) electrons. The van der Waals surface area contributed by atoms with Crippen molar-refractivity contribution in [2.45, 2.75) is 64.7 Å². The monoisotopic (exact) mass is 477 g/mol. The lowest BCUT2D eigenvalue weighted by atomic mass is 9.79. The molecule has 2 aliphatic rings. The van der Waals surface area contributed by atoms with Crippen molar-refractivity contribution < 1.29 is 19.5 Å². The molecule has 2 unspecified atom stereocenters. The van der Waals surface area contributed by atoms with Gasteiger partial charge >= 0.3 is 5.97 Å². The van der Waals surface area contributed by atoms with E-state index in [-0.39, 0.29) is 18.1 Å². The molecule has 0 bridgehead atoms. The molecule has 0 saturated carbocycles. The van der Waals surface area contributed by atoms with Crippen molar-refractivity contribution in [3.05, 3.63) is 68.4 Å². The number of aliphatic imine (C=N–C) groups is 1. The summed E-state index contributed by atoms with van der Waals surface area (Å²) in [6, 6.07) is 8.16. The molecule has 34 heavy (non-hydrogen) atoms. The quantitative estimate of drug-likeness (QED) is 0.399. The number of rotatable bonds is 8. The van der Waals surface area contributed by atoms with Crippen LogP contribution in [0.15, 0.2) is 41.4 Å². The number of carboxylic acids is 1. The van der Waals surface area contributed by atoms with Crippen LogP contribution < -0.4 is 0 Å². The number of nitrogens with zero attached hydrogens (tertiary/aromatic N) is 1. The van der Waals surface area contributed by atoms with E-state index in [2.05, 4.69) is 11.1 Å². The number of ketones is 1. The smallest absolute Gasteiger partial charge is 0.307 e. The Hall–Kier alpha value is -2.86. The van der Waals surface area contributed by atoms with E-state index in [9.17, 15) is 19.5 Å². The summed E-state index contributed by atoms with van der Waals surface area (Å²) in [6.07, 6.45) is 11.7. The lowest BCUT2D eigenvalue weighted by Crippen LogP contribution is -2.31. The first-order chi connectivity index (χ1) is 16.4. The summed E-state index contributed by atoms with van der Waals surface area (Å²) in [5.41, 5.74) is 4.09. The van der Waals surface area contributed by atoms with Gasteiger partial charge in [0.2, 0.25) is 0 Å². The largest absolute Gasteiger partial charge is 0.481 e. The van der Waals surface area contributed by atoms with Crippen molar-refractivity contribution in [1.29, 1.82) is 0 Å². The standard InChI is InChI=1S/C28H31NO4S/c1-18-7-6-8-19(17-18)15-16-29-27(31)26-22-11-4-5-12-24(22)34-25(26)14-13-23(30)20-9-2-3-10-21(20)28(32)33/h2-3,6-8,16-17,20-21H,4-5,9-15H2,1H3,(H,32,33). The molecule has 2 atom stereocenters. The van der Waals surface area contributed by atoms with E-state index in [1.807, 2.05) is 37.3 Å².